The summed E-state index contributed by atoms with van der Waals surface area (Å²) in [4.78, 5) is 19.5. The molecule has 0 radical (unpaired) electrons. The van der Waals surface area contributed by atoms with Crippen LogP contribution in [-0.2, 0) is 0 Å². The zero-order valence-corrected chi connectivity index (χ0v) is 17.8. The van der Waals surface area contributed by atoms with Crippen LogP contribution in [0.4, 0.5) is 0 Å². The Morgan fingerprint density at radius 1 is 1.03 bits per heavy atom. The van der Waals surface area contributed by atoms with E-state index in [1.54, 1.807) is 39.5 Å². The van der Waals surface area contributed by atoms with E-state index < -0.39 is 0 Å². The third kappa shape index (κ3) is 4.33. The average Bonchev–Trinajstić information content (AvgIpc) is 3.33. The number of benzene rings is 2. The molecule has 0 N–H and O–H groups in total. The van der Waals surface area contributed by atoms with Gasteiger partial charge in [0.1, 0.15) is 5.75 Å². The van der Waals surface area contributed by atoms with Crippen molar-refractivity contribution in [3.63, 3.8) is 0 Å². The summed E-state index contributed by atoms with van der Waals surface area (Å²) < 4.78 is 21.3. The Balaban J connectivity index is 1.48. The van der Waals surface area contributed by atoms with Crippen LogP contribution in [0.15, 0.2) is 47.0 Å². The SMILES string of the molecule is COc1ccc(-c2noc([C@@H]3CCCN(C(=O)c4ccc(OC)c(OC)c4)C3)n2)cc1. The van der Waals surface area contributed by atoms with Crippen molar-refractivity contribution in [2.45, 2.75) is 18.8 Å². The molecule has 8 nitrogen and oxygen atoms in total. The van der Waals surface area contributed by atoms with Gasteiger partial charge in [-0.05, 0) is 55.3 Å². The Kier molecular flexibility index (Phi) is 6.06. The number of aromatic nitrogens is 2. The summed E-state index contributed by atoms with van der Waals surface area (Å²) >= 11 is 0. The van der Waals surface area contributed by atoms with Crippen molar-refractivity contribution in [3.8, 4) is 28.6 Å². The number of likely N-dealkylation sites (tertiary alicyclic amines) is 1. The van der Waals surface area contributed by atoms with Crippen LogP contribution >= 0.6 is 0 Å². The molecule has 1 aliphatic rings. The average molecular weight is 423 g/mol. The molecule has 162 valence electrons. The van der Waals surface area contributed by atoms with Crippen LogP contribution in [-0.4, -0.2) is 55.4 Å². The Bertz CT molecular complexity index is 1050. The minimum absolute atomic E-state index is 0.00246. The number of carbonyl (C=O) groups is 1. The van der Waals surface area contributed by atoms with E-state index in [9.17, 15) is 4.79 Å². The first-order valence-corrected chi connectivity index (χ1v) is 10.1. The van der Waals surface area contributed by atoms with E-state index in [0.717, 1.165) is 24.2 Å². The molecule has 2 aromatic carbocycles. The second-order valence-corrected chi connectivity index (χ2v) is 7.34. The Morgan fingerprint density at radius 3 is 2.52 bits per heavy atom. The van der Waals surface area contributed by atoms with Gasteiger partial charge in [-0.25, -0.2) is 0 Å². The molecular formula is C23H25N3O5. The molecular weight excluding hydrogens is 398 g/mol. The fourth-order valence-corrected chi connectivity index (χ4v) is 3.77. The maximum atomic E-state index is 13.1. The minimum atomic E-state index is -0.0550. The first-order valence-electron chi connectivity index (χ1n) is 10.1. The standard InChI is InChI=1S/C23H25N3O5/c1-28-18-9-6-15(7-10-18)21-24-22(31-25-21)17-5-4-12-26(14-17)23(27)16-8-11-19(29-2)20(13-16)30-3/h6-11,13,17H,4-5,12,14H2,1-3H3/t17-/m1/s1. The minimum Gasteiger partial charge on any atom is -0.497 e. The summed E-state index contributed by atoms with van der Waals surface area (Å²) in [7, 11) is 4.75. The Morgan fingerprint density at radius 2 is 1.81 bits per heavy atom. The summed E-state index contributed by atoms with van der Waals surface area (Å²) in [6.07, 6.45) is 1.75. The maximum absolute atomic E-state index is 13.1. The summed E-state index contributed by atoms with van der Waals surface area (Å²) in [5.74, 6) is 2.91. The second-order valence-electron chi connectivity index (χ2n) is 7.34. The van der Waals surface area contributed by atoms with Crippen molar-refractivity contribution < 1.29 is 23.5 Å². The van der Waals surface area contributed by atoms with Gasteiger partial charge in [-0.1, -0.05) is 5.16 Å². The van der Waals surface area contributed by atoms with Crippen LogP contribution in [0.2, 0.25) is 0 Å². The number of methoxy groups -OCH3 is 3. The first kappa shape index (κ1) is 20.7. The third-order valence-corrected chi connectivity index (χ3v) is 5.48. The van der Waals surface area contributed by atoms with Gasteiger partial charge in [-0.15, -0.1) is 0 Å². The molecule has 2 heterocycles. The highest BCUT2D eigenvalue weighted by molar-refractivity contribution is 5.95. The van der Waals surface area contributed by atoms with Crippen LogP contribution in [0.3, 0.4) is 0 Å². The van der Waals surface area contributed by atoms with Gasteiger partial charge < -0.3 is 23.6 Å². The lowest BCUT2D eigenvalue weighted by atomic mass is 9.97. The monoisotopic (exact) mass is 423 g/mol. The molecule has 1 atom stereocenters. The van der Waals surface area contributed by atoms with Crippen molar-refractivity contribution >= 4 is 5.91 Å². The number of carbonyl (C=O) groups excluding carboxylic acids is 1. The van der Waals surface area contributed by atoms with Crippen LogP contribution in [0.1, 0.15) is 35.0 Å². The molecule has 0 bridgehead atoms. The van der Waals surface area contributed by atoms with Gasteiger partial charge >= 0.3 is 0 Å². The lowest BCUT2D eigenvalue weighted by Crippen LogP contribution is -2.39. The second kappa shape index (κ2) is 9.07. The number of hydrogen-bond donors (Lipinski definition) is 0. The zero-order chi connectivity index (χ0) is 21.8. The van der Waals surface area contributed by atoms with Gasteiger partial charge in [0.05, 0.1) is 27.2 Å². The number of nitrogens with zero attached hydrogens (tertiary/aromatic N) is 3. The zero-order valence-electron chi connectivity index (χ0n) is 17.8. The molecule has 4 rings (SSSR count). The maximum Gasteiger partial charge on any atom is 0.254 e. The third-order valence-electron chi connectivity index (χ3n) is 5.48. The van der Waals surface area contributed by atoms with Crippen molar-refractivity contribution in [1.82, 2.24) is 15.0 Å². The predicted octanol–water partition coefficient (Wildman–Crippen LogP) is 3.78. The van der Waals surface area contributed by atoms with E-state index in [2.05, 4.69) is 10.1 Å². The molecule has 31 heavy (non-hydrogen) atoms. The van der Waals surface area contributed by atoms with Crippen LogP contribution in [0.5, 0.6) is 17.2 Å². The van der Waals surface area contributed by atoms with Gasteiger partial charge in [-0.3, -0.25) is 4.79 Å². The van der Waals surface area contributed by atoms with E-state index in [4.69, 9.17) is 18.7 Å². The number of hydrogen-bond acceptors (Lipinski definition) is 7. The van der Waals surface area contributed by atoms with Crippen molar-refractivity contribution in [3.05, 3.63) is 53.9 Å². The van der Waals surface area contributed by atoms with E-state index in [0.29, 0.717) is 41.9 Å². The van der Waals surface area contributed by atoms with Crippen molar-refractivity contribution in [2.24, 2.45) is 0 Å². The molecule has 0 unspecified atom stereocenters. The lowest BCUT2D eigenvalue weighted by Gasteiger charge is -2.31. The molecule has 8 heteroatoms. The predicted molar refractivity (Wildman–Crippen MR) is 114 cm³/mol. The van der Waals surface area contributed by atoms with Gasteiger partial charge in [-0.2, -0.15) is 4.98 Å². The van der Waals surface area contributed by atoms with E-state index >= 15 is 0 Å². The van der Waals surface area contributed by atoms with Gasteiger partial charge in [0.15, 0.2) is 11.5 Å². The van der Waals surface area contributed by atoms with E-state index in [1.165, 1.54) is 0 Å². The smallest absolute Gasteiger partial charge is 0.254 e. The number of rotatable bonds is 6. The first-order chi connectivity index (χ1) is 15.1. The van der Waals surface area contributed by atoms with E-state index in [-0.39, 0.29) is 11.8 Å². The quantitative estimate of drug-likeness (QED) is 0.596. The normalized spacial score (nSPS) is 16.1. The summed E-state index contributed by atoms with van der Waals surface area (Å²) in [5, 5.41) is 4.13. The Hall–Kier alpha value is -3.55. The fraction of sp³-hybridized carbons (Fsp3) is 0.348. The molecule has 0 aliphatic carbocycles. The highest BCUT2D eigenvalue weighted by Gasteiger charge is 2.29. The summed E-state index contributed by atoms with van der Waals surface area (Å²) in [5.41, 5.74) is 1.41. The summed E-state index contributed by atoms with van der Waals surface area (Å²) in [6.45, 7) is 1.21. The van der Waals surface area contributed by atoms with Crippen LogP contribution in [0.25, 0.3) is 11.4 Å². The number of amides is 1. The largest absolute Gasteiger partial charge is 0.497 e. The molecule has 1 fully saturated rings. The van der Waals surface area contributed by atoms with Gasteiger partial charge in [0.25, 0.3) is 5.91 Å². The number of ether oxygens (including phenoxy) is 3. The lowest BCUT2D eigenvalue weighted by molar-refractivity contribution is 0.0695. The highest BCUT2D eigenvalue weighted by atomic mass is 16.5. The molecule has 1 aliphatic heterocycles. The molecule has 0 saturated carbocycles. The molecule has 1 amide bonds. The van der Waals surface area contributed by atoms with Crippen molar-refractivity contribution in [2.75, 3.05) is 34.4 Å². The molecule has 3 aromatic rings. The number of piperidine rings is 1. The van der Waals surface area contributed by atoms with Gasteiger partial charge in [0.2, 0.25) is 11.7 Å². The fourth-order valence-electron chi connectivity index (χ4n) is 3.77. The van der Waals surface area contributed by atoms with Gasteiger partial charge in [0, 0.05) is 24.2 Å². The van der Waals surface area contributed by atoms with E-state index in [1.807, 2.05) is 29.2 Å². The molecule has 1 aromatic heterocycles. The Labute approximate surface area is 180 Å². The van der Waals surface area contributed by atoms with Crippen molar-refractivity contribution in [1.29, 1.82) is 0 Å². The highest BCUT2D eigenvalue weighted by Crippen LogP contribution is 2.31. The topological polar surface area (TPSA) is 86.9 Å². The molecule has 1 saturated heterocycles. The summed E-state index contributed by atoms with van der Waals surface area (Å²) in [6, 6.07) is 12.7. The van der Waals surface area contributed by atoms with Crippen LogP contribution in [0, 0.1) is 0 Å². The molecule has 0 spiro atoms. The van der Waals surface area contributed by atoms with Crippen LogP contribution < -0.4 is 14.2 Å².